The number of amides is 6. The fourth-order valence-electron chi connectivity index (χ4n) is 4.76. The van der Waals surface area contributed by atoms with Crippen molar-refractivity contribution in [3.8, 4) is 0 Å². The molecule has 0 fully saturated rings. The van der Waals surface area contributed by atoms with Crippen LogP contribution < -0.4 is 32.3 Å². The lowest BCUT2D eigenvalue weighted by atomic mass is 9.89. The van der Waals surface area contributed by atoms with Crippen LogP contribution in [0.4, 0.5) is 15.3 Å². The molecule has 0 aliphatic rings. The summed E-state index contributed by atoms with van der Waals surface area (Å²) in [4.78, 5) is 86.8. The molecule has 0 aliphatic carbocycles. The van der Waals surface area contributed by atoms with E-state index >= 15 is 0 Å². The zero-order chi connectivity index (χ0) is 37.6. The minimum atomic E-state index is -0.894. The molecule has 0 unspecified atom stereocenters. The molecular formula is C36H58N6O8. The third-order valence-corrected chi connectivity index (χ3v) is 7.82. The molecule has 0 aromatic heterocycles. The third-order valence-electron chi connectivity index (χ3n) is 7.82. The van der Waals surface area contributed by atoms with E-state index in [-0.39, 0.29) is 68.8 Å². The molecule has 1 rings (SSSR count). The number of hydrogen-bond acceptors (Lipinski definition) is 8. The number of Topliss-reactive ketones (excluding diaryl/α,β-unsaturated/α-hetero) is 2. The molecule has 0 radical (unpaired) electrons. The summed E-state index contributed by atoms with van der Waals surface area (Å²) in [5.41, 5.74) is 6.35. The van der Waals surface area contributed by atoms with Gasteiger partial charge in [-0.2, -0.15) is 0 Å². The Balaban J connectivity index is 2.79. The Bertz CT molecular complexity index is 1270. The highest BCUT2D eigenvalue weighted by molar-refractivity contribution is 5.97. The number of nitrogens with one attached hydrogen (secondary N) is 5. The normalized spacial score (nSPS) is 12.2. The molecule has 1 aromatic rings. The molecule has 0 aliphatic heterocycles. The van der Waals surface area contributed by atoms with Crippen molar-refractivity contribution in [3.05, 3.63) is 29.8 Å². The SMILES string of the molecule is CC(C)CCNC(=O)OCc1ccc(NC(=O)[C@H](CCCNC(N)=O)CC(=O)[C@@H](NC(=O)CCC(=O)CNC(=O)CCC(C)C)C(C)C)cc1. The highest BCUT2D eigenvalue weighted by Gasteiger charge is 2.29. The summed E-state index contributed by atoms with van der Waals surface area (Å²) in [5.74, 6) is -2.02. The summed E-state index contributed by atoms with van der Waals surface area (Å²) in [5, 5.41) is 13.3. The second kappa shape index (κ2) is 23.8. The fraction of sp³-hybridized carbons (Fsp3) is 0.639. The van der Waals surface area contributed by atoms with Crippen LogP contribution in [0.1, 0.15) is 98.5 Å². The van der Waals surface area contributed by atoms with Crippen molar-refractivity contribution in [3.63, 3.8) is 0 Å². The van der Waals surface area contributed by atoms with Crippen molar-refractivity contribution < 1.29 is 38.3 Å². The maximum atomic E-state index is 13.5. The molecule has 6 amide bonds. The number of carbonyl (C=O) groups is 7. The molecule has 1 aromatic carbocycles. The van der Waals surface area contributed by atoms with Crippen molar-refractivity contribution in [2.45, 2.75) is 106 Å². The Labute approximate surface area is 296 Å². The summed E-state index contributed by atoms with van der Waals surface area (Å²) >= 11 is 0. The smallest absolute Gasteiger partial charge is 0.407 e. The van der Waals surface area contributed by atoms with Crippen LogP contribution in [0.15, 0.2) is 24.3 Å². The second-order valence-electron chi connectivity index (χ2n) is 13.7. The number of urea groups is 1. The van der Waals surface area contributed by atoms with E-state index in [9.17, 15) is 33.6 Å². The molecule has 14 heteroatoms. The monoisotopic (exact) mass is 702 g/mol. The third kappa shape index (κ3) is 20.1. The van der Waals surface area contributed by atoms with Crippen molar-refractivity contribution in [1.82, 2.24) is 21.3 Å². The number of hydrogen-bond donors (Lipinski definition) is 6. The lowest BCUT2D eigenvalue weighted by Crippen LogP contribution is -2.45. The molecule has 0 saturated carbocycles. The Morgan fingerprint density at radius 3 is 2.00 bits per heavy atom. The number of rotatable bonds is 24. The van der Waals surface area contributed by atoms with E-state index in [0.717, 1.165) is 12.0 Å². The van der Waals surface area contributed by atoms with Gasteiger partial charge in [-0.25, -0.2) is 9.59 Å². The van der Waals surface area contributed by atoms with Gasteiger partial charge in [-0.05, 0) is 61.1 Å². The average molecular weight is 703 g/mol. The highest BCUT2D eigenvalue weighted by Crippen LogP contribution is 2.20. The molecule has 0 bridgehead atoms. The van der Waals surface area contributed by atoms with Gasteiger partial charge in [0.05, 0.1) is 12.6 Å². The summed E-state index contributed by atoms with van der Waals surface area (Å²) in [7, 11) is 0. The van der Waals surface area contributed by atoms with Gasteiger partial charge in [-0.15, -0.1) is 0 Å². The van der Waals surface area contributed by atoms with Crippen molar-refractivity contribution in [2.24, 2.45) is 29.4 Å². The van der Waals surface area contributed by atoms with Gasteiger partial charge in [-0.1, -0.05) is 53.7 Å². The van der Waals surface area contributed by atoms with E-state index in [1.807, 2.05) is 13.8 Å². The van der Waals surface area contributed by atoms with Crippen LogP contribution in [0.5, 0.6) is 0 Å². The first-order valence-electron chi connectivity index (χ1n) is 17.5. The Morgan fingerprint density at radius 1 is 0.740 bits per heavy atom. The first-order valence-corrected chi connectivity index (χ1v) is 17.5. The van der Waals surface area contributed by atoms with E-state index in [1.165, 1.54) is 0 Å². The maximum Gasteiger partial charge on any atom is 0.407 e. The van der Waals surface area contributed by atoms with E-state index in [0.29, 0.717) is 43.3 Å². The second-order valence-corrected chi connectivity index (χ2v) is 13.7. The van der Waals surface area contributed by atoms with Crippen LogP contribution >= 0.6 is 0 Å². The van der Waals surface area contributed by atoms with Gasteiger partial charge >= 0.3 is 12.1 Å². The first kappa shape index (κ1) is 43.5. The van der Waals surface area contributed by atoms with E-state index in [1.54, 1.807) is 38.1 Å². The summed E-state index contributed by atoms with van der Waals surface area (Å²) < 4.78 is 5.24. The molecule has 14 nitrogen and oxygen atoms in total. The Morgan fingerprint density at radius 2 is 1.40 bits per heavy atom. The number of carbonyl (C=O) groups excluding carboxylic acids is 7. The average Bonchev–Trinajstić information content (AvgIpc) is 3.04. The van der Waals surface area contributed by atoms with Gasteiger partial charge in [-0.3, -0.25) is 24.0 Å². The zero-order valence-corrected chi connectivity index (χ0v) is 30.5. The number of nitrogens with two attached hydrogens (primary N) is 1. The minimum Gasteiger partial charge on any atom is -0.445 e. The van der Waals surface area contributed by atoms with Gasteiger partial charge < -0.3 is 37.1 Å². The fourth-order valence-corrected chi connectivity index (χ4v) is 4.76. The predicted molar refractivity (Wildman–Crippen MR) is 191 cm³/mol. The quantitative estimate of drug-likeness (QED) is 0.0865. The largest absolute Gasteiger partial charge is 0.445 e. The van der Waals surface area contributed by atoms with Crippen molar-refractivity contribution in [2.75, 3.05) is 25.0 Å². The van der Waals surface area contributed by atoms with Crippen molar-refractivity contribution >= 4 is 47.1 Å². The molecule has 7 N–H and O–H groups in total. The Kier molecular flexibility index (Phi) is 20.7. The van der Waals surface area contributed by atoms with Crippen LogP contribution in [-0.2, 0) is 35.3 Å². The number of benzene rings is 1. The van der Waals surface area contributed by atoms with Crippen LogP contribution in [0.25, 0.3) is 0 Å². The van der Waals surface area contributed by atoms with Gasteiger partial charge in [0.25, 0.3) is 0 Å². The number of anilines is 1. The van der Waals surface area contributed by atoms with Gasteiger partial charge in [0, 0.05) is 50.4 Å². The lowest BCUT2D eigenvalue weighted by Gasteiger charge is -2.24. The van der Waals surface area contributed by atoms with Gasteiger partial charge in [0.1, 0.15) is 6.61 Å². The Hall–Kier alpha value is -4.49. The molecule has 0 heterocycles. The van der Waals surface area contributed by atoms with Crippen LogP contribution in [0.2, 0.25) is 0 Å². The number of alkyl carbamates (subject to hydrolysis) is 1. The molecule has 0 spiro atoms. The predicted octanol–water partition coefficient (Wildman–Crippen LogP) is 3.96. The maximum absolute atomic E-state index is 13.5. The first-order chi connectivity index (χ1) is 23.6. The topological polar surface area (TPSA) is 215 Å². The van der Waals surface area contributed by atoms with Gasteiger partial charge in [0.2, 0.25) is 17.7 Å². The minimum absolute atomic E-state index is 0.0528. The molecule has 2 atom stereocenters. The van der Waals surface area contributed by atoms with E-state index < -0.39 is 35.9 Å². The highest BCUT2D eigenvalue weighted by atomic mass is 16.5. The molecule has 280 valence electrons. The van der Waals surface area contributed by atoms with E-state index in [4.69, 9.17) is 10.5 Å². The number of primary amides is 1. The lowest BCUT2D eigenvalue weighted by molar-refractivity contribution is -0.131. The zero-order valence-electron chi connectivity index (χ0n) is 30.5. The standard InChI is InChI=1S/C36H58N6O8/c1-23(2)9-15-31(45)40-21-29(43)14-16-32(46)42-33(25(5)6)30(44)20-27(8-7-18-38-35(37)48)34(47)41-28-12-10-26(11-13-28)22-50-36(49)39-19-17-24(3)4/h10-13,23-25,27,33H,7-9,14-22H2,1-6H3,(H,39,49)(H,40,45)(H,41,47)(H,42,46)(H3,37,38,48)/t27-,33+/m1/s1. The van der Waals surface area contributed by atoms with E-state index in [2.05, 4.69) is 40.4 Å². The molecule has 50 heavy (non-hydrogen) atoms. The molecular weight excluding hydrogens is 644 g/mol. The van der Waals surface area contributed by atoms with Crippen molar-refractivity contribution in [1.29, 1.82) is 0 Å². The molecule has 0 saturated heterocycles. The summed E-state index contributed by atoms with van der Waals surface area (Å²) in [6, 6.07) is 5.16. The number of ketones is 2. The summed E-state index contributed by atoms with van der Waals surface area (Å²) in [6.07, 6.45) is 1.58. The van der Waals surface area contributed by atoms with Gasteiger partial charge in [0.15, 0.2) is 11.6 Å². The number of ether oxygens (including phenoxy) is 1. The van der Waals surface area contributed by atoms with Crippen LogP contribution in [0.3, 0.4) is 0 Å². The summed E-state index contributed by atoms with van der Waals surface area (Å²) in [6.45, 7) is 12.3. The van der Waals surface area contributed by atoms with Crippen LogP contribution in [-0.4, -0.2) is 67.1 Å². The van der Waals surface area contributed by atoms with Crippen LogP contribution in [0, 0.1) is 23.7 Å².